The molecule has 1 heterocycles. The van der Waals surface area contributed by atoms with Crippen molar-refractivity contribution in [3.05, 3.63) is 53.1 Å². The minimum atomic E-state index is -1.44. The van der Waals surface area contributed by atoms with Crippen LogP contribution in [0.15, 0.2) is 24.4 Å². The van der Waals surface area contributed by atoms with Gasteiger partial charge >= 0.3 is 0 Å². The van der Waals surface area contributed by atoms with Crippen LogP contribution in [0.2, 0.25) is 0 Å². The fourth-order valence-electron chi connectivity index (χ4n) is 2.65. The third-order valence-electron chi connectivity index (χ3n) is 3.63. The van der Waals surface area contributed by atoms with E-state index in [1.165, 1.54) is 6.07 Å². The van der Waals surface area contributed by atoms with Crippen LogP contribution in [0.4, 0.5) is 13.2 Å². The normalized spacial score (nSPS) is 18.4. The van der Waals surface area contributed by atoms with E-state index in [-0.39, 0.29) is 11.7 Å². The monoisotopic (exact) mass is 266 g/mol. The quantitative estimate of drug-likeness (QED) is 0.789. The molecule has 0 amide bonds. The van der Waals surface area contributed by atoms with E-state index >= 15 is 0 Å². The molecule has 19 heavy (non-hydrogen) atoms. The molecule has 0 saturated heterocycles. The Hall–Kier alpha value is -1.75. The van der Waals surface area contributed by atoms with Crippen molar-refractivity contribution in [3.63, 3.8) is 0 Å². The maximum atomic E-state index is 13.8. The fraction of sp³-hybridized carbons (Fsp3) is 0.286. The van der Waals surface area contributed by atoms with Crippen molar-refractivity contribution in [3.8, 4) is 5.69 Å². The highest BCUT2D eigenvalue weighted by Crippen LogP contribution is 2.31. The molecule has 2 aromatic rings. The van der Waals surface area contributed by atoms with Crippen LogP contribution in [0.1, 0.15) is 30.1 Å². The number of hydrogen-bond donors (Lipinski definition) is 1. The van der Waals surface area contributed by atoms with Gasteiger partial charge in [-0.25, -0.2) is 13.2 Å². The summed E-state index contributed by atoms with van der Waals surface area (Å²) >= 11 is 0. The fourth-order valence-corrected chi connectivity index (χ4v) is 2.65. The lowest BCUT2D eigenvalue weighted by Gasteiger charge is -2.21. The molecule has 1 aliphatic rings. The highest BCUT2D eigenvalue weighted by Gasteiger charge is 2.23. The molecule has 2 N–H and O–H groups in total. The van der Waals surface area contributed by atoms with Crippen molar-refractivity contribution in [2.75, 3.05) is 0 Å². The molecule has 1 unspecified atom stereocenters. The molecule has 0 bridgehead atoms. The van der Waals surface area contributed by atoms with Crippen LogP contribution in [0.3, 0.4) is 0 Å². The first-order valence-corrected chi connectivity index (χ1v) is 6.19. The Balaban J connectivity index is 2.16. The van der Waals surface area contributed by atoms with E-state index in [2.05, 4.69) is 0 Å². The second-order valence-corrected chi connectivity index (χ2v) is 4.78. The number of hydrogen-bond acceptors (Lipinski definition) is 1. The zero-order valence-corrected chi connectivity index (χ0v) is 10.2. The number of nitrogens with two attached hydrogens (primary N) is 1. The highest BCUT2D eigenvalue weighted by molar-refractivity contribution is 5.41. The van der Waals surface area contributed by atoms with Crippen molar-refractivity contribution >= 4 is 0 Å². The minimum Gasteiger partial charge on any atom is -0.324 e. The number of benzene rings is 1. The third-order valence-corrected chi connectivity index (χ3v) is 3.63. The predicted molar refractivity (Wildman–Crippen MR) is 65.5 cm³/mol. The Labute approximate surface area is 108 Å². The number of aromatic nitrogens is 1. The standard InChI is InChI=1S/C14H13F3N2/c15-9-4-5-12(14(17)13(9)16)19-7-6-8-10(18)2-1-3-11(8)19/h4-7,10H,1-3,18H2. The van der Waals surface area contributed by atoms with Crippen molar-refractivity contribution < 1.29 is 13.2 Å². The van der Waals surface area contributed by atoms with Gasteiger partial charge in [0.15, 0.2) is 17.5 Å². The third kappa shape index (κ3) is 1.85. The lowest BCUT2D eigenvalue weighted by Crippen LogP contribution is -2.18. The molecular weight excluding hydrogens is 253 g/mol. The smallest absolute Gasteiger partial charge is 0.196 e. The molecular formula is C14H13F3N2. The summed E-state index contributed by atoms with van der Waals surface area (Å²) in [5.41, 5.74) is 7.84. The number of halogens is 3. The van der Waals surface area contributed by atoms with Crippen LogP contribution in [0.25, 0.3) is 5.69 Å². The summed E-state index contributed by atoms with van der Waals surface area (Å²) in [6, 6.07) is 3.93. The van der Waals surface area contributed by atoms with Gasteiger partial charge in [-0.05, 0) is 43.0 Å². The summed E-state index contributed by atoms with van der Waals surface area (Å²) in [4.78, 5) is 0. The van der Waals surface area contributed by atoms with Crippen molar-refractivity contribution in [1.82, 2.24) is 4.57 Å². The maximum Gasteiger partial charge on any atom is 0.196 e. The zero-order valence-electron chi connectivity index (χ0n) is 10.2. The molecule has 2 nitrogen and oxygen atoms in total. The molecule has 0 spiro atoms. The SMILES string of the molecule is NC1CCCc2c1ccn2-c1ccc(F)c(F)c1F. The van der Waals surface area contributed by atoms with Crippen LogP contribution in [-0.4, -0.2) is 4.57 Å². The molecule has 0 saturated carbocycles. The summed E-state index contributed by atoms with van der Waals surface area (Å²) in [5, 5.41) is 0. The summed E-state index contributed by atoms with van der Waals surface area (Å²) in [7, 11) is 0. The highest BCUT2D eigenvalue weighted by atomic mass is 19.2. The van der Waals surface area contributed by atoms with Gasteiger partial charge in [-0.3, -0.25) is 0 Å². The maximum absolute atomic E-state index is 13.8. The van der Waals surface area contributed by atoms with Gasteiger partial charge in [0.2, 0.25) is 0 Å². The van der Waals surface area contributed by atoms with Gasteiger partial charge < -0.3 is 10.3 Å². The lowest BCUT2D eigenvalue weighted by molar-refractivity contribution is 0.443. The first-order chi connectivity index (χ1) is 9.09. The summed E-state index contributed by atoms with van der Waals surface area (Å²) in [6.07, 6.45) is 4.21. The first kappa shape index (κ1) is 12.3. The van der Waals surface area contributed by atoms with Crippen molar-refractivity contribution in [1.29, 1.82) is 0 Å². The van der Waals surface area contributed by atoms with Crippen LogP contribution in [0.5, 0.6) is 0 Å². The Morgan fingerprint density at radius 3 is 2.68 bits per heavy atom. The molecule has 1 atom stereocenters. The summed E-state index contributed by atoms with van der Waals surface area (Å²) < 4.78 is 41.6. The van der Waals surface area contributed by atoms with Crippen LogP contribution < -0.4 is 5.73 Å². The molecule has 0 aliphatic heterocycles. The number of rotatable bonds is 1. The average Bonchev–Trinajstić information content (AvgIpc) is 2.82. The van der Waals surface area contributed by atoms with E-state index < -0.39 is 17.5 Å². The second kappa shape index (κ2) is 4.42. The predicted octanol–water partition coefficient (Wildman–Crippen LogP) is 3.23. The van der Waals surface area contributed by atoms with E-state index in [1.54, 1.807) is 10.8 Å². The first-order valence-electron chi connectivity index (χ1n) is 6.19. The van der Waals surface area contributed by atoms with Gasteiger partial charge in [-0.1, -0.05) is 0 Å². The van der Waals surface area contributed by atoms with Crippen molar-refractivity contribution in [2.24, 2.45) is 5.73 Å². The van der Waals surface area contributed by atoms with Gasteiger partial charge in [0.1, 0.15) is 0 Å². The molecule has 3 rings (SSSR count). The molecule has 1 aromatic carbocycles. The number of nitrogens with zero attached hydrogens (tertiary/aromatic N) is 1. The van der Waals surface area contributed by atoms with Crippen LogP contribution in [0, 0.1) is 17.5 Å². The van der Waals surface area contributed by atoms with E-state index in [1.807, 2.05) is 6.07 Å². The summed E-state index contributed by atoms with van der Waals surface area (Å²) in [6.45, 7) is 0. The van der Waals surface area contributed by atoms with E-state index in [4.69, 9.17) is 5.73 Å². The zero-order chi connectivity index (χ0) is 13.6. The molecule has 100 valence electrons. The minimum absolute atomic E-state index is 0.0225. The molecule has 1 aliphatic carbocycles. The Bertz CT molecular complexity index is 634. The molecule has 0 fully saturated rings. The van der Waals surface area contributed by atoms with Gasteiger partial charge in [0.05, 0.1) is 5.69 Å². The average molecular weight is 266 g/mol. The van der Waals surface area contributed by atoms with Gasteiger partial charge in [0, 0.05) is 17.9 Å². The topological polar surface area (TPSA) is 30.9 Å². The van der Waals surface area contributed by atoms with Gasteiger partial charge in [0.25, 0.3) is 0 Å². The molecule has 5 heteroatoms. The van der Waals surface area contributed by atoms with Gasteiger partial charge in [-0.2, -0.15) is 0 Å². The van der Waals surface area contributed by atoms with E-state index in [0.717, 1.165) is 36.6 Å². The van der Waals surface area contributed by atoms with Crippen LogP contribution >= 0.6 is 0 Å². The molecule has 0 radical (unpaired) electrons. The summed E-state index contributed by atoms with van der Waals surface area (Å²) in [5.74, 6) is -3.79. The number of fused-ring (bicyclic) bond motifs is 1. The molecule has 1 aromatic heterocycles. The lowest BCUT2D eigenvalue weighted by atomic mass is 9.93. The van der Waals surface area contributed by atoms with Crippen molar-refractivity contribution in [2.45, 2.75) is 25.3 Å². The van der Waals surface area contributed by atoms with E-state index in [0.29, 0.717) is 0 Å². The second-order valence-electron chi connectivity index (χ2n) is 4.78. The van der Waals surface area contributed by atoms with Crippen LogP contribution in [-0.2, 0) is 6.42 Å². The van der Waals surface area contributed by atoms with E-state index in [9.17, 15) is 13.2 Å². The Morgan fingerprint density at radius 2 is 1.89 bits per heavy atom. The van der Waals surface area contributed by atoms with Gasteiger partial charge in [-0.15, -0.1) is 0 Å². The Morgan fingerprint density at radius 1 is 1.11 bits per heavy atom. The Kier molecular flexibility index (Phi) is 2.86. The largest absolute Gasteiger partial charge is 0.324 e.